The quantitative estimate of drug-likeness (QED) is 0.807. The van der Waals surface area contributed by atoms with E-state index in [1.54, 1.807) is 7.05 Å². The summed E-state index contributed by atoms with van der Waals surface area (Å²) in [5.41, 5.74) is 0.263. The molecule has 0 heterocycles. The second-order valence-electron chi connectivity index (χ2n) is 4.03. The zero-order valence-electron chi connectivity index (χ0n) is 11.3. The third-order valence-electron chi connectivity index (χ3n) is 2.64. The Morgan fingerprint density at radius 2 is 2.15 bits per heavy atom. The van der Waals surface area contributed by atoms with Gasteiger partial charge in [0.2, 0.25) is 0 Å². The summed E-state index contributed by atoms with van der Waals surface area (Å²) in [5, 5.41) is 8.58. The van der Waals surface area contributed by atoms with Crippen LogP contribution in [-0.4, -0.2) is 42.1 Å². The van der Waals surface area contributed by atoms with Crippen LogP contribution in [0.5, 0.6) is 5.75 Å². The van der Waals surface area contributed by atoms with Crippen molar-refractivity contribution in [3.63, 3.8) is 0 Å². The van der Waals surface area contributed by atoms with E-state index in [2.05, 4.69) is 0 Å². The van der Waals surface area contributed by atoms with Gasteiger partial charge in [-0.15, -0.1) is 0 Å². The average molecular weight is 281 g/mol. The zero-order chi connectivity index (χ0) is 15.1. The van der Waals surface area contributed by atoms with Crippen LogP contribution in [0.3, 0.4) is 0 Å². The van der Waals surface area contributed by atoms with E-state index >= 15 is 0 Å². The first-order valence-corrected chi connectivity index (χ1v) is 6.02. The Balaban J connectivity index is 2.88. The van der Waals surface area contributed by atoms with Crippen LogP contribution in [0.25, 0.3) is 6.08 Å². The number of nitrogens with zero attached hydrogens (tertiary/aromatic N) is 1. The Labute approximate surface area is 116 Å². The van der Waals surface area contributed by atoms with E-state index in [0.717, 1.165) is 6.08 Å². The summed E-state index contributed by atoms with van der Waals surface area (Å²) in [6.45, 7) is 2.02. The molecule has 0 aliphatic carbocycles. The van der Waals surface area contributed by atoms with E-state index in [9.17, 15) is 14.0 Å². The van der Waals surface area contributed by atoms with Gasteiger partial charge in [-0.1, -0.05) is 12.1 Å². The molecule has 0 bridgehead atoms. The van der Waals surface area contributed by atoms with E-state index in [4.69, 9.17) is 9.84 Å². The fourth-order valence-electron chi connectivity index (χ4n) is 1.39. The molecule has 0 saturated heterocycles. The molecule has 0 radical (unpaired) electrons. The van der Waals surface area contributed by atoms with Gasteiger partial charge in [0.05, 0.1) is 0 Å². The predicted molar refractivity (Wildman–Crippen MR) is 71.9 cm³/mol. The molecule has 0 unspecified atom stereocenters. The van der Waals surface area contributed by atoms with Crippen molar-refractivity contribution < 1.29 is 23.8 Å². The lowest BCUT2D eigenvalue weighted by molar-refractivity contribution is -0.132. The number of carboxylic acids is 1. The third kappa shape index (κ3) is 4.38. The van der Waals surface area contributed by atoms with Crippen LogP contribution in [0.4, 0.5) is 4.39 Å². The molecule has 5 nitrogen and oxygen atoms in total. The molecule has 20 heavy (non-hydrogen) atoms. The highest BCUT2D eigenvalue weighted by molar-refractivity contribution is 5.86. The van der Waals surface area contributed by atoms with E-state index in [1.807, 2.05) is 6.92 Å². The summed E-state index contributed by atoms with van der Waals surface area (Å²) in [7, 11) is 1.61. The number of para-hydroxylation sites is 1. The van der Waals surface area contributed by atoms with Crippen molar-refractivity contribution in [2.45, 2.75) is 6.92 Å². The van der Waals surface area contributed by atoms with Crippen LogP contribution in [0.2, 0.25) is 0 Å². The number of carboxylic acid groups (broad SMARTS) is 1. The number of ether oxygens (including phenoxy) is 1. The molecule has 0 spiro atoms. The maximum atomic E-state index is 13.7. The van der Waals surface area contributed by atoms with Gasteiger partial charge in [0.15, 0.2) is 18.2 Å². The third-order valence-corrected chi connectivity index (χ3v) is 2.64. The molecule has 1 aromatic rings. The van der Waals surface area contributed by atoms with Crippen LogP contribution in [0.1, 0.15) is 12.5 Å². The van der Waals surface area contributed by atoms with Crippen LogP contribution < -0.4 is 4.74 Å². The minimum atomic E-state index is -1.15. The van der Waals surface area contributed by atoms with Gasteiger partial charge in [-0.05, 0) is 19.1 Å². The van der Waals surface area contributed by atoms with Gasteiger partial charge in [-0.25, -0.2) is 9.18 Å². The molecular formula is C14H16FNO4. The number of hydrogen-bond acceptors (Lipinski definition) is 3. The lowest BCUT2D eigenvalue weighted by atomic mass is 10.2. The number of carbonyl (C=O) groups is 2. The molecule has 0 aliphatic rings. The number of hydrogen-bond donors (Lipinski definition) is 1. The molecule has 0 saturated carbocycles. The number of amides is 1. The summed E-state index contributed by atoms with van der Waals surface area (Å²) in [4.78, 5) is 23.5. The van der Waals surface area contributed by atoms with E-state index in [0.29, 0.717) is 6.54 Å². The Hall–Kier alpha value is -2.37. The Morgan fingerprint density at radius 3 is 2.75 bits per heavy atom. The molecular weight excluding hydrogens is 265 g/mol. The normalized spacial score (nSPS) is 10.6. The van der Waals surface area contributed by atoms with Crippen LogP contribution in [0.15, 0.2) is 24.3 Å². The lowest BCUT2D eigenvalue weighted by Crippen LogP contribution is -2.31. The highest BCUT2D eigenvalue weighted by Gasteiger charge is 2.12. The monoisotopic (exact) mass is 281 g/mol. The maximum absolute atomic E-state index is 13.7. The van der Waals surface area contributed by atoms with Crippen molar-refractivity contribution in [2.24, 2.45) is 0 Å². The summed E-state index contributed by atoms with van der Waals surface area (Å²) < 4.78 is 18.9. The summed E-state index contributed by atoms with van der Waals surface area (Å²) in [5.74, 6) is -2.22. The Morgan fingerprint density at radius 1 is 1.45 bits per heavy atom. The molecule has 0 aromatic heterocycles. The standard InChI is InChI=1S/C14H16FNO4/c1-3-16(2)12(17)9-20-14-10(7-8-13(18)19)5-4-6-11(14)15/h4-8H,3,9H2,1-2H3,(H,18,19)/b8-7+. The van der Waals surface area contributed by atoms with E-state index in [-0.39, 0.29) is 23.8 Å². The highest BCUT2D eigenvalue weighted by atomic mass is 19.1. The molecule has 6 heteroatoms. The summed E-state index contributed by atoms with van der Waals surface area (Å²) in [6, 6.07) is 4.12. The zero-order valence-corrected chi connectivity index (χ0v) is 11.3. The average Bonchev–Trinajstić information content (AvgIpc) is 2.42. The smallest absolute Gasteiger partial charge is 0.328 e. The first-order valence-electron chi connectivity index (χ1n) is 6.02. The van der Waals surface area contributed by atoms with Gasteiger partial charge in [-0.3, -0.25) is 4.79 Å². The highest BCUT2D eigenvalue weighted by Crippen LogP contribution is 2.24. The number of carbonyl (C=O) groups excluding carboxylic acids is 1. The number of halogens is 1. The van der Waals surface area contributed by atoms with Crippen molar-refractivity contribution in [1.29, 1.82) is 0 Å². The fraction of sp³-hybridized carbons (Fsp3) is 0.286. The molecule has 1 aromatic carbocycles. The number of benzene rings is 1. The molecule has 108 valence electrons. The maximum Gasteiger partial charge on any atom is 0.328 e. The van der Waals surface area contributed by atoms with Gasteiger partial charge in [0.1, 0.15) is 0 Å². The van der Waals surface area contributed by atoms with Crippen LogP contribution in [-0.2, 0) is 9.59 Å². The minimum absolute atomic E-state index is 0.136. The van der Waals surface area contributed by atoms with Gasteiger partial charge >= 0.3 is 5.97 Å². The lowest BCUT2D eigenvalue weighted by Gasteiger charge is -2.16. The fourth-order valence-corrected chi connectivity index (χ4v) is 1.39. The van der Waals surface area contributed by atoms with Crippen molar-refractivity contribution in [1.82, 2.24) is 4.90 Å². The SMILES string of the molecule is CCN(C)C(=O)COc1c(F)cccc1/C=C/C(=O)O. The molecule has 1 N–H and O–H groups in total. The van der Waals surface area contributed by atoms with E-state index in [1.165, 1.54) is 29.2 Å². The van der Waals surface area contributed by atoms with Gasteiger partial charge in [0, 0.05) is 25.2 Å². The second-order valence-corrected chi connectivity index (χ2v) is 4.03. The van der Waals surface area contributed by atoms with Crippen molar-refractivity contribution >= 4 is 18.0 Å². The number of aliphatic carboxylic acids is 1. The molecule has 1 amide bonds. The van der Waals surface area contributed by atoms with Crippen LogP contribution >= 0.6 is 0 Å². The molecule has 0 atom stereocenters. The predicted octanol–water partition coefficient (Wildman–Crippen LogP) is 1.78. The van der Waals surface area contributed by atoms with Crippen molar-refractivity contribution in [3.05, 3.63) is 35.7 Å². The van der Waals surface area contributed by atoms with E-state index < -0.39 is 11.8 Å². The summed E-state index contributed by atoms with van der Waals surface area (Å²) >= 11 is 0. The minimum Gasteiger partial charge on any atom is -0.480 e. The number of rotatable bonds is 6. The van der Waals surface area contributed by atoms with Crippen molar-refractivity contribution in [3.8, 4) is 5.75 Å². The first kappa shape index (κ1) is 15.7. The van der Waals surface area contributed by atoms with Gasteiger partial charge < -0.3 is 14.7 Å². The topological polar surface area (TPSA) is 66.8 Å². The summed E-state index contributed by atoms with van der Waals surface area (Å²) in [6.07, 6.45) is 2.09. The van der Waals surface area contributed by atoms with Crippen molar-refractivity contribution in [2.75, 3.05) is 20.2 Å². The molecule has 0 aliphatic heterocycles. The number of likely N-dealkylation sites (N-methyl/N-ethyl adjacent to an activating group) is 1. The van der Waals surface area contributed by atoms with Gasteiger partial charge in [0.25, 0.3) is 5.91 Å². The Kier molecular flexibility index (Phi) is 5.71. The second kappa shape index (κ2) is 7.28. The largest absolute Gasteiger partial charge is 0.480 e. The van der Waals surface area contributed by atoms with Crippen LogP contribution in [0, 0.1) is 5.82 Å². The molecule has 0 fully saturated rings. The molecule has 1 rings (SSSR count). The Bertz CT molecular complexity index is 528. The first-order chi connectivity index (χ1) is 9.45. The van der Waals surface area contributed by atoms with Gasteiger partial charge in [-0.2, -0.15) is 0 Å².